The lowest BCUT2D eigenvalue weighted by molar-refractivity contribution is -0.136. The lowest BCUT2D eigenvalue weighted by Gasteiger charge is -2.38. The minimum atomic E-state index is -0.662. The maximum absolute atomic E-state index is 12.9. The summed E-state index contributed by atoms with van der Waals surface area (Å²) < 4.78 is 10.9. The van der Waals surface area contributed by atoms with E-state index in [2.05, 4.69) is 52.5 Å². The highest BCUT2D eigenvalue weighted by Gasteiger charge is 2.36. The summed E-state index contributed by atoms with van der Waals surface area (Å²) in [6, 6.07) is 13.0. The van der Waals surface area contributed by atoms with Crippen molar-refractivity contribution in [2.75, 3.05) is 51.3 Å². The van der Waals surface area contributed by atoms with Gasteiger partial charge in [0.05, 0.1) is 25.3 Å². The van der Waals surface area contributed by atoms with E-state index < -0.39 is 12.0 Å². The Kier molecular flexibility index (Phi) is 7.60. The minimum Gasteiger partial charge on any atom is -0.494 e. The molecule has 0 bridgehead atoms. The molecule has 2 aliphatic heterocycles. The van der Waals surface area contributed by atoms with Crippen LogP contribution in [0.2, 0.25) is 0 Å². The van der Waals surface area contributed by atoms with Crippen molar-refractivity contribution < 1.29 is 19.1 Å². The van der Waals surface area contributed by atoms with Gasteiger partial charge in [-0.2, -0.15) is 0 Å². The van der Waals surface area contributed by atoms with E-state index in [-0.39, 0.29) is 6.03 Å². The van der Waals surface area contributed by atoms with Crippen molar-refractivity contribution in [1.82, 2.24) is 15.5 Å². The smallest absolute Gasteiger partial charge is 0.338 e. The Morgan fingerprint density at radius 2 is 1.83 bits per heavy atom. The Morgan fingerprint density at radius 3 is 2.54 bits per heavy atom. The van der Waals surface area contributed by atoms with E-state index in [9.17, 15) is 9.59 Å². The number of nitrogens with one attached hydrogen (secondary N) is 2. The summed E-state index contributed by atoms with van der Waals surface area (Å²) in [4.78, 5) is 30.3. The van der Waals surface area contributed by atoms with Crippen LogP contribution in [-0.4, -0.2) is 63.3 Å². The molecule has 0 aliphatic carbocycles. The fourth-order valence-electron chi connectivity index (χ4n) is 4.76. The van der Waals surface area contributed by atoms with E-state index in [0.29, 0.717) is 30.2 Å². The summed E-state index contributed by atoms with van der Waals surface area (Å²) in [5, 5.41) is 5.76. The fraction of sp³-hybridized carbons (Fsp3) is 0.407. The number of piperazine rings is 1. The van der Waals surface area contributed by atoms with Crippen molar-refractivity contribution in [2.24, 2.45) is 0 Å². The Hall–Kier alpha value is -3.52. The van der Waals surface area contributed by atoms with Gasteiger partial charge in [-0.3, -0.25) is 4.90 Å². The van der Waals surface area contributed by atoms with Crippen molar-refractivity contribution in [1.29, 1.82) is 0 Å². The zero-order valence-electron chi connectivity index (χ0n) is 20.9. The predicted molar refractivity (Wildman–Crippen MR) is 136 cm³/mol. The number of hydrogen-bond acceptors (Lipinski definition) is 6. The topological polar surface area (TPSA) is 83.1 Å². The fourth-order valence-corrected chi connectivity index (χ4v) is 4.76. The normalized spacial score (nSPS) is 18.7. The van der Waals surface area contributed by atoms with Gasteiger partial charge >= 0.3 is 12.0 Å². The number of rotatable bonds is 7. The number of anilines is 1. The molecule has 0 unspecified atom stereocenters. The number of hydrogen-bond donors (Lipinski definition) is 2. The quantitative estimate of drug-likeness (QED) is 0.594. The third-order valence-electron chi connectivity index (χ3n) is 6.55. The molecule has 1 fully saturated rings. The number of ether oxygens (including phenoxy) is 2. The second kappa shape index (κ2) is 10.8. The molecule has 35 heavy (non-hydrogen) atoms. The van der Waals surface area contributed by atoms with Crippen LogP contribution in [0.25, 0.3) is 0 Å². The lowest BCUT2D eigenvalue weighted by atomic mass is 9.94. The summed E-state index contributed by atoms with van der Waals surface area (Å²) in [5.74, 6) is 0.155. The highest BCUT2D eigenvalue weighted by atomic mass is 16.5. The molecule has 2 aliphatic rings. The number of urea groups is 1. The molecule has 8 heteroatoms. The molecule has 2 N–H and O–H groups in total. The van der Waals surface area contributed by atoms with Gasteiger partial charge in [-0.05, 0) is 44.0 Å². The van der Waals surface area contributed by atoms with Gasteiger partial charge in [0.15, 0.2) is 0 Å². The number of carbonyl (C=O) groups excluding carboxylic acids is 2. The molecule has 2 aromatic carbocycles. The van der Waals surface area contributed by atoms with Gasteiger partial charge in [0.2, 0.25) is 0 Å². The zero-order chi connectivity index (χ0) is 24.9. The number of carbonyl (C=O) groups is 2. The molecule has 2 amide bonds. The maximum atomic E-state index is 12.9. The molecule has 4 rings (SSSR count). The molecule has 2 heterocycles. The summed E-state index contributed by atoms with van der Waals surface area (Å²) in [5.41, 5.74) is 5.47. The zero-order valence-corrected chi connectivity index (χ0v) is 20.9. The number of nitrogens with zero attached hydrogens (tertiary/aromatic N) is 2. The molecular weight excluding hydrogens is 444 g/mol. The van der Waals surface area contributed by atoms with E-state index in [0.717, 1.165) is 31.7 Å². The molecule has 0 saturated carbocycles. The van der Waals surface area contributed by atoms with Crippen LogP contribution in [0.4, 0.5) is 10.5 Å². The van der Waals surface area contributed by atoms with Gasteiger partial charge in [-0.1, -0.05) is 30.3 Å². The van der Waals surface area contributed by atoms with Crippen LogP contribution >= 0.6 is 0 Å². The predicted octanol–water partition coefficient (Wildman–Crippen LogP) is 3.31. The van der Waals surface area contributed by atoms with Crippen LogP contribution < -0.4 is 20.3 Å². The second-order valence-electron chi connectivity index (χ2n) is 8.94. The van der Waals surface area contributed by atoms with Gasteiger partial charge < -0.3 is 25.0 Å². The SMILES string of the molecule is CCOc1ccccc1[C@@H]1NC(=O)NC(CN2CCN(c3cc(C)ccc3C)CC2)=C1C(=O)OC. The third-order valence-corrected chi connectivity index (χ3v) is 6.55. The maximum Gasteiger partial charge on any atom is 0.338 e. The van der Waals surface area contributed by atoms with Crippen LogP contribution in [-0.2, 0) is 9.53 Å². The van der Waals surface area contributed by atoms with E-state index >= 15 is 0 Å². The van der Waals surface area contributed by atoms with E-state index in [1.165, 1.54) is 23.9 Å². The average molecular weight is 479 g/mol. The first-order valence-electron chi connectivity index (χ1n) is 12.1. The number of benzene rings is 2. The van der Waals surface area contributed by atoms with Gasteiger partial charge in [0.25, 0.3) is 0 Å². The molecule has 1 atom stereocenters. The molecule has 2 aromatic rings. The Bertz CT molecular complexity index is 1120. The van der Waals surface area contributed by atoms with Crippen molar-refractivity contribution in [2.45, 2.75) is 26.8 Å². The standard InChI is InChI=1S/C27H34N4O4/c1-5-35-23-9-7-6-8-20(23)25-24(26(32)34-4)21(28-27(33)29-25)17-30-12-14-31(15-13-30)22-16-18(2)10-11-19(22)3/h6-11,16,25H,5,12-15,17H2,1-4H3,(H2,28,29,33)/t25-/m0/s1. The van der Waals surface area contributed by atoms with Crippen LogP contribution in [0.15, 0.2) is 53.7 Å². The van der Waals surface area contributed by atoms with Gasteiger partial charge in [-0.15, -0.1) is 0 Å². The van der Waals surface area contributed by atoms with Gasteiger partial charge in [0.1, 0.15) is 5.75 Å². The Balaban J connectivity index is 1.58. The van der Waals surface area contributed by atoms with Crippen LogP contribution in [0, 0.1) is 13.8 Å². The van der Waals surface area contributed by atoms with Gasteiger partial charge in [0, 0.05) is 49.7 Å². The highest BCUT2D eigenvalue weighted by molar-refractivity contribution is 5.95. The first-order valence-corrected chi connectivity index (χ1v) is 12.1. The molecule has 1 saturated heterocycles. The van der Waals surface area contributed by atoms with Crippen LogP contribution in [0.3, 0.4) is 0 Å². The number of esters is 1. The monoisotopic (exact) mass is 478 g/mol. The average Bonchev–Trinajstić information content (AvgIpc) is 2.86. The summed E-state index contributed by atoms with van der Waals surface area (Å²) in [6.45, 7) is 10.4. The van der Waals surface area contributed by atoms with Crippen molar-refractivity contribution in [3.8, 4) is 5.75 Å². The van der Waals surface area contributed by atoms with Gasteiger partial charge in [-0.25, -0.2) is 9.59 Å². The molecule has 0 radical (unpaired) electrons. The Morgan fingerprint density at radius 1 is 1.09 bits per heavy atom. The van der Waals surface area contributed by atoms with E-state index in [1.807, 2.05) is 31.2 Å². The number of methoxy groups -OCH3 is 1. The number of aryl methyl sites for hydroxylation is 2. The summed E-state index contributed by atoms with van der Waals surface area (Å²) in [7, 11) is 1.36. The Labute approximate surface area is 206 Å². The molecule has 8 nitrogen and oxygen atoms in total. The lowest BCUT2D eigenvalue weighted by Crippen LogP contribution is -2.52. The van der Waals surface area contributed by atoms with Crippen LogP contribution in [0.5, 0.6) is 5.75 Å². The van der Waals surface area contributed by atoms with E-state index in [4.69, 9.17) is 9.47 Å². The molecular formula is C27H34N4O4. The first-order chi connectivity index (χ1) is 16.9. The second-order valence-corrected chi connectivity index (χ2v) is 8.94. The highest BCUT2D eigenvalue weighted by Crippen LogP contribution is 2.34. The summed E-state index contributed by atoms with van der Waals surface area (Å²) >= 11 is 0. The van der Waals surface area contributed by atoms with E-state index in [1.54, 1.807) is 0 Å². The summed E-state index contributed by atoms with van der Waals surface area (Å²) in [6.07, 6.45) is 0. The molecule has 0 spiro atoms. The third kappa shape index (κ3) is 5.43. The largest absolute Gasteiger partial charge is 0.494 e. The molecule has 0 aromatic heterocycles. The minimum absolute atomic E-state index is 0.349. The number of para-hydroxylation sites is 1. The van der Waals surface area contributed by atoms with Crippen molar-refractivity contribution >= 4 is 17.7 Å². The van der Waals surface area contributed by atoms with Crippen molar-refractivity contribution in [3.63, 3.8) is 0 Å². The van der Waals surface area contributed by atoms with Crippen molar-refractivity contribution in [3.05, 3.63) is 70.4 Å². The number of amides is 2. The van der Waals surface area contributed by atoms with Crippen LogP contribution in [0.1, 0.15) is 29.7 Å². The molecule has 186 valence electrons. The first kappa shape index (κ1) is 24.6.